The summed E-state index contributed by atoms with van der Waals surface area (Å²) >= 11 is 5.48. The summed E-state index contributed by atoms with van der Waals surface area (Å²) in [6.07, 6.45) is 0.550. The fourth-order valence-electron chi connectivity index (χ4n) is 1.11. The van der Waals surface area contributed by atoms with E-state index in [-0.39, 0.29) is 5.35 Å². The van der Waals surface area contributed by atoms with Crippen LogP contribution in [0.25, 0.3) is 0 Å². The molecule has 5 heteroatoms. The molecule has 0 saturated heterocycles. The number of hydrogen-bond acceptors (Lipinski definition) is 4. The molecule has 2 rings (SSSR count). The van der Waals surface area contributed by atoms with Crippen LogP contribution in [0.15, 0.2) is 34.7 Å². The molecule has 2 aromatic rings. The minimum Gasteiger partial charge on any atom is -0.493 e. The molecule has 0 amide bonds. The summed E-state index contributed by atoms with van der Waals surface area (Å²) in [5.41, 5.74) is 0. The highest BCUT2D eigenvalue weighted by Gasteiger charge is 2.03. The first-order valence-electron chi connectivity index (χ1n) is 4.50. The zero-order valence-electron chi connectivity index (χ0n) is 7.89. The number of hydrogen-bond donors (Lipinski definition) is 0. The Morgan fingerprint density at radius 1 is 1.20 bits per heavy atom. The Kier molecular flexibility index (Phi) is 3.19. The monoisotopic (exact) mass is 224 g/mol. The second kappa shape index (κ2) is 4.79. The number of rotatable bonds is 4. The minimum absolute atomic E-state index is 0.0599. The number of nitrogens with zero attached hydrogens (tertiary/aromatic N) is 2. The maximum atomic E-state index is 5.48. The van der Waals surface area contributed by atoms with E-state index < -0.39 is 0 Å². The molecule has 0 unspecified atom stereocenters. The van der Waals surface area contributed by atoms with Crippen molar-refractivity contribution in [2.75, 3.05) is 6.61 Å². The van der Waals surface area contributed by atoms with Gasteiger partial charge in [-0.25, -0.2) is 0 Å². The highest BCUT2D eigenvalue weighted by molar-refractivity contribution is 6.27. The molecule has 0 aliphatic heterocycles. The molecule has 1 heterocycles. The third-order valence-corrected chi connectivity index (χ3v) is 1.92. The van der Waals surface area contributed by atoms with Crippen LogP contribution in [0.2, 0.25) is 5.35 Å². The fraction of sp³-hybridized carbons (Fsp3) is 0.200. The third kappa shape index (κ3) is 2.95. The van der Waals surface area contributed by atoms with E-state index in [0.717, 1.165) is 5.75 Å². The highest BCUT2D eigenvalue weighted by atomic mass is 35.5. The van der Waals surface area contributed by atoms with Crippen molar-refractivity contribution in [3.8, 4) is 5.75 Å². The molecule has 0 spiro atoms. The first kappa shape index (κ1) is 9.98. The van der Waals surface area contributed by atoms with E-state index in [2.05, 4.69) is 10.2 Å². The standard InChI is InChI=1S/C10H9ClN2O2/c11-10-13-12-9(15-10)6-7-14-8-4-2-1-3-5-8/h1-5H,6-7H2. The first-order chi connectivity index (χ1) is 7.34. The van der Waals surface area contributed by atoms with E-state index in [9.17, 15) is 0 Å². The van der Waals surface area contributed by atoms with Crippen LogP contribution in [0.4, 0.5) is 0 Å². The smallest absolute Gasteiger partial charge is 0.312 e. The lowest BCUT2D eigenvalue weighted by Crippen LogP contribution is -2.01. The van der Waals surface area contributed by atoms with Gasteiger partial charge in [0.2, 0.25) is 5.89 Å². The Morgan fingerprint density at radius 3 is 2.67 bits per heavy atom. The van der Waals surface area contributed by atoms with Gasteiger partial charge in [-0.05, 0) is 23.7 Å². The molecule has 4 nitrogen and oxygen atoms in total. The summed E-state index contributed by atoms with van der Waals surface area (Å²) in [4.78, 5) is 0. The van der Waals surface area contributed by atoms with E-state index in [1.54, 1.807) is 0 Å². The predicted molar refractivity (Wildman–Crippen MR) is 54.9 cm³/mol. The average Bonchev–Trinajstić information content (AvgIpc) is 2.66. The predicted octanol–water partition coefficient (Wildman–Crippen LogP) is 2.34. The van der Waals surface area contributed by atoms with Gasteiger partial charge in [0.1, 0.15) is 5.75 Å². The second-order valence-corrected chi connectivity index (χ2v) is 3.18. The molecule has 0 radical (unpaired) electrons. The van der Waals surface area contributed by atoms with Crippen molar-refractivity contribution in [2.24, 2.45) is 0 Å². The molecule has 0 saturated carbocycles. The topological polar surface area (TPSA) is 48.2 Å². The molecule has 1 aromatic heterocycles. The summed E-state index contributed by atoms with van der Waals surface area (Å²) in [7, 11) is 0. The maximum Gasteiger partial charge on any atom is 0.312 e. The SMILES string of the molecule is Clc1nnc(CCOc2ccccc2)o1. The van der Waals surface area contributed by atoms with Crippen molar-refractivity contribution in [2.45, 2.75) is 6.42 Å². The molecule has 78 valence electrons. The summed E-state index contributed by atoms with van der Waals surface area (Å²) in [5.74, 6) is 1.30. The van der Waals surface area contributed by atoms with Gasteiger partial charge in [-0.15, -0.1) is 5.10 Å². The Balaban J connectivity index is 1.80. The molecule has 0 fully saturated rings. The molecule has 0 N–H and O–H groups in total. The third-order valence-electron chi connectivity index (χ3n) is 1.77. The molecule has 0 bridgehead atoms. The lowest BCUT2D eigenvalue weighted by molar-refractivity contribution is 0.306. The van der Waals surface area contributed by atoms with Crippen molar-refractivity contribution in [1.29, 1.82) is 0 Å². The normalized spacial score (nSPS) is 10.2. The van der Waals surface area contributed by atoms with Gasteiger partial charge in [-0.1, -0.05) is 23.3 Å². The second-order valence-electron chi connectivity index (χ2n) is 2.86. The van der Waals surface area contributed by atoms with Crippen LogP contribution in [0.1, 0.15) is 5.89 Å². The van der Waals surface area contributed by atoms with Gasteiger partial charge in [-0.2, -0.15) is 0 Å². The van der Waals surface area contributed by atoms with Crippen LogP contribution in [0.3, 0.4) is 0 Å². The number of para-hydroxylation sites is 1. The van der Waals surface area contributed by atoms with Crippen molar-refractivity contribution in [3.05, 3.63) is 41.6 Å². The number of halogens is 1. The van der Waals surface area contributed by atoms with Gasteiger partial charge in [0.25, 0.3) is 0 Å². The van der Waals surface area contributed by atoms with Crippen molar-refractivity contribution < 1.29 is 9.15 Å². The molecule has 0 aliphatic rings. The quantitative estimate of drug-likeness (QED) is 0.800. The summed E-state index contributed by atoms with van der Waals surface area (Å²) in [5, 5.41) is 7.31. The van der Waals surface area contributed by atoms with Gasteiger partial charge >= 0.3 is 5.35 Å². The molecular formula is C10H9ClN2O2. The van der Waals surface area contributed by atoms with E-state index >= 15 is 0 Å². The first-order valence-corrected chi connectivity index (χ1v) is 4.88. The van der Waals surface area contributed by atoms with E-state index in [1.165, 1.54) is 0 Å². The Hall–Kier alpha value is -1.55. The van der Waals surface area contributed by atoms with Crippen LogP contribution in [0.5, 0.6) is 5.75 Å². The van der Waals surface area contributed by atoms with E-state index in [4.69, 9.17) is 20.8 Å². The van der Waals surface area contributed by atoms with Crippen molar-refractivity contribution in [3.63, 3.8) is 0 Å². The minimum atomic E-state index is 0.0599. The summed E-state index contributed by atoms with van der Waals surface area (Å²) in [6.45, 7) is 0.489. The number of aromatic nitrogens is 2. The highest BCUT2D eigenvalue weighted by Crippen LogP contribution is 2.10. The Bertz CT molecular complexity index is 416. The zero-order valence-corrected chi connectivity index (χ0v) is 8.65. The van der Waals surface area contributed by atoms with E-state index in [0.29, 0.717) is 18.9 Å². The Labute approximate surface area is 91.8 Å². The van der Waals surface area contributed by atoms with Crippen LogP contribution in [0, 0.1) is 0 Å². The van der Waals surface area contributed by atoms with Gasteiger partial charge in [-0.3, -0.25) is 0 Å². The maximum absolute atomic E-state index is 5.48. The molecule has 1 aromatic carbocycles. The molecule has 0 aliphatic carbocycles. The largest absolute Gasteiger partial charge is 0.493 e. The van der Waals surface area contributed by atoms with Gasteiger partial charge in [0.15, 0.2) is 0 Å². The van der Waals surface area contributed by atoms with Crippen LogP contribution < -0.4 is 4.74 Å². The van der Waals surface area contributed by atoms with Crippen molar-refractivity contribution >= 4 is 11.6 Å². The lowest BCUT2D eigenvalue weighted by Gasteiger charge is -2.02. The Morgan fingerprint density at radius 2 is 2.00 bits per heavy atom. The molecular weight excluding hydrogens is 216 g/mol. The van der Waals surface area contributed by atoms with Crippen LogP contribution >= 0.6 is 11.6 Å². The molecule has 0 atom stereocenters. The van der Waals surface area contributed by atoms with E-state index in [1.807, 2.05) is 30.3 Å². The number of benzene rings is 1. The van der Waals surface area contributed by atoms with Gasteiger partial charge in [0, 0.05) is 0 Å². The zero-order chi connectivity index (χ0) is 10.5. The summed E-state index contributed by atoms with van der Waals surface area (Å²) in [6, 6.07) is 9.55. The van der Waals surface area contributed by atoms with Gasteiger partial charge < -0.3 is 9.15 Å². The number of ether oxygens (including phenoxy) is 1. The molecule has 15 heavy (non-hydrogen) atoms. The van der Waals surface area contributed by atoms with Gasteiger partial charge in [0.05, 0.1) is 13.0 Å². The average molecular weight is 225 g/mol. The fourth-order valence-corrected chi connectivity index (χ4v) is 1.23. The van der Waals surface area contributed by atoms with Crippen LogP contribution in [-0.4, -0.2) is 16.8 Å². The van der Waals surface area contributed by atoms with Crippen LogP contribution in [-0.2, 0) is 6.42 Å². The lowest BCUT2D eigenvalue weighted by atomic mass is 10.3. The summed E-state index contributed by atoms with van der Waals surface area (Å²) < 4.78 is 10.4. The van der Waals surface area contributed by atoms with Crippen molar-refractivity contribution in [1.82, 2.24) is 10.2 Å².